The van der Waals surface area contributed by atoms with Crippen LogP contribution in [-0.4, -0.2) is 51.5 Å². The smallest absolute Gasteiger partial charge is 0.246 e. The van der Waals surface area contributed by atoms with E-state index in [9.17, 15) is 14.7 Å². The van der Waals surface area contributed by atoms with Crippen LogP contribution < -0.4 is 11.1 Å². The largest absolute Gasteiger partial charge is 0.392 e. The Balaban J connectivity index is 1.54. The maximum absolute atomic E-state index is 13.3. The van der Waals surface area contributed by atoms with Crippen LogP contribution in [0.25, 0.3) is 10.4 Å². The highest BCUT2D eigenvalue weighted by molar-refractivity contribution is 7.13. The number of thiazole rings is 1. The summed E-state index contributed by atoms with van der Waals surface area (Å²) in [5.74, 6) is -0.499. The summed E-state index contributed by atoms with van der Waals surface area (Å²) >= 11 is 1.59. The first kappa shape index (κ1) is 22.1. The van der Waals surface area contributed by atoms with Gasteiger partial charge in [-0.05, 0) is 43.2 Å². The molecule has 1 aliphatic carbocycles. The second-order valence-corrected chi connectivity index (χ2v) is 9.50. The number of nitrogens with zero attached hydrogens (tertiary/aromatic N) is 2. The van der Waals surface area contributed by atoms with E-state index in [1.54, 1.807) is 11.3 Å². The lowest BCUT2D eigenvalue weighted by Crippen LogP contribution is -2.53. The van der Waals surface area contributed by atoms with Crippen LogP contribution >= 0.6 is 11.3 Å². The van der Waals surface area contributed by atoms with Gasteiger partial charge in [-0.2, -0.15) is 0 Å². The van der Waals surface area contributed by atoms with Crippen molar-refractivity contribution in [3.8, 4) is 10.4 Å². The van der Waals surface area contributed by atoms with Gasteiger partial charge in [-0.1, -0.05) is 37.1 Å². The van der Waals surface area contributed by atoms with E-state index in [1.807, 2.05) is 36.7 Å². The van der Waals surface area contributed by atoms with Gasteiger partial charge < -0.3 is 16.2 Å². The highest BCUT2D eigenvalue weighted by Crippen LogP contribution is 2.29. The van der Waals surface area contributed by atoms with Crippen molar-refractivity contribution in [2.24, 2.45) is 11.7 Å². The van der Waals surface area contributed by atoms with Gasteiger partial charge in [0.2, 0.25) is 11.8 Å². The summed E-state index contributed by atoms with van der Waals surface area (Å²) in [7, 11) is 0. The normalized spacial score (nSPS) is 22.5. The molecule has 0 bridgehead atoms. The van der Waals surface area contributed by atoms with Crippen molar-refractivity contribution in [1.82, 2.24) is 15.2 Å². The van der Waals surface area contributed by atoms with E-state index in [0.29, 0.717) is 13.0 Å². The molecule has 4 N–H and O–H groups in total. The number of hydrogen-bond acceptors (Lipinski definition) is 7. The molecule has 1 aromatic heterocycles. The third kappa shape index (κ3) is 4.87. The van der Waals surface area contributed by atoms with Gasteiger partial charge in [0.15, 0.2) is 0 Å². The maximum atomic E-state index is 13.3. The van der Waals surface area contributed by atoms with Crippen molar-refractivity contribution in [3.05, 3.63) is 41.0 Å². The molecule has 3 atom stereocenters. The second kappa shape index (κ2) is 9.56. The molecule has 2 amide bonds. The highest BCUT2D eigenvalue weighted by Gasteiger charge is 2.38. The molecule has 0 spiro atoms. The summed E-state index contributed by atoms with van der Waals surface area (Å²) in [6, 6.07) is 6.65. The van der Waals surface area contributed by atoms with Crippen molar-refractivity contribution in [3.63, 3.8) is 0 Å². The zero-order valence-corrected chi connectivity index (χ0v) is 18.6. The predicted molar refractivity (Wildman–Crippen MR) is 120 cm³/mol. The van der Waals surface area contributed by atoms with Gasteiger partial charge >= 0.3 is 0 Å². The van der Waals surface area contributed by atoms with Crippen LogP contribution in [0, 0.1) is 12.8 Å². The number of imide groups is 1. The molecule has 1 aliphatic heterocycles. The summed E-state index contributed by atoms with van der Waals surface area (Å²) in [6.07, 6.45) is 3.75. The molecule has 0 unspecified atom stereocenters. The number of hydrogen-bond donors (Lipinski definition) is 3. The molecule has 1 saturated heterocycles. The summed E-state index contributed by atoms with van der Waals surface area (Å²) < 4.78 is 0. The number of rotatable bonds is 6. The standard InChI is InChI=1S/C23H30N4O3S/c1-14-21(31-13-26-14)17-8-6-15(7-9-17)12-27(22(29)19-10-18(28)11-25-19)23(30)20(24)16-4-2-3-5-16/h6-9,13,16,18-20,25,28H,2-5,10-12,24H2,1H3/t18-,19+,20+/m1/s1. The van der Waals surface area contributed by atoms with Gasteiger partial charge in [-0.3, -0.25) is 14.5 Å². The van der Waals surface area contributed by atoms with E-state index in [-0.39, 0.29) is 24.3 Å². The molecule has 4 rings (SSSR count). The lowest BCUT2D eigenvalue weighted by molar-refractivity contribution is -0.148. The lowest BCUT2D eigenvalue weighted by Gasteiger charge is -2.29. The summed E-state index contributed by atoms with van der Waals surface area (Å²) in [6.45, 7) is 2.51. The van der Waals surface area contributed by atoms with E-state index in [4.69, 9.17) is 5.73 Å². The number of nitrogens with two attached hydrogens (primary N) is 1. The summed E-state index contributed by atoms with van der Waals surface area (Å²) in [5.41, 5.74) is 11.1. The van der Waals surface area contributed by atoms with Gasteiger partial charge in [0.1, 0.15) is 0 Å². The monoisotopic (exact) mass is 442 g/mol. The van der Waals surface area contributed by atoms with Gasteiger partial charge in [0.05, 0.1) is 40.8 Å². The average Bonchev–Trinajstić information content (AvgIpc) is 3.53. The van der Waals surface area contributed by atoms with Crippen LogP contribution in [0.4, 0.5) is 0 Å². The molecular weight excluding hydrogens is 412 g/mol. The molecule has 166 valence electrons. The first-order valence-corrected chi connectivity index (χ1v) is 11.8. The Kier molecular flexibility index (Phi) is 6.81. The molecule has 2 aliphatic rings. The van der Waals surface area contributed by atoms with E-state index >= 15 is 0 Å². The zero-order chi connectivity index (χ0) is 22.0. The second-order valence-electron chi connectivity index (χ2n) is 8.65. The van der Waals surface area contributed by atoms with Crippen molar-refractivity contribution in [2.45, 2.75) is 63.8 Å². The van der Waals surface area contributed by atoms with Gasteiger partial charge in [0, 0.05) is 6.54 Å². The Morgan fingerprint density at radius 3 is 2.58 bits per heavy atom. The molecule has 2 heterocycles. The molecule has 8 heteroatoms. The number of aliphatic hydroxyl groups excluding tert-OH is 1. The third-order valence-corrected chi connectivity index (χ3v) is 7.41. The Morgan fingerprint density at radius 1 is 1.29 bits per heavy atom. The number of amides is 2. The number of aliphatic hydroxyl groups is 1. The highest BCUT2D eigenvalue weighted by atomic mass is 32.1. The minimum Gasteiger partial charge on any atom is -0.392 e. The number of aryl methyl sites for hydroxylation is 1. The first-order chi connectivity index (χ1) is 14.9. The maximum Gasteiger partial charge on any atom is 0.246 e. The first-order valence-electron chi connectivity index (χ1n) is 11.0. The lowest BCUT2D eigenvalue weighted by atomic mass is 9.97. The Morgan fingerprint density at radius 2 is 2.00 bits per heavy atom. The van der Waals surface area contributed by atoms with E-state index in [2.05, 4.69) is 10.3 Å². The predicted octanol–water partition coefficient (Wildman–Crippen LogP) is 2.21. The van der Waals surface area contributed by atoms with Gasteiger partial charge in [-0.25, -0.2) is 4.98 Å². The van der Waals surface area contributed by atoms with Gasteiger partial charge in [0.25, 0.3) is 0 Å². The molecule has 31 heavy (non-hydrogen) atoms. The average molecular weight is 443 g/mol. The molecule has 7 nitrogen and oxygen atoms in total. The van der Waals surface area contributed by atoms with Crippen LogP contribution in [0.15, 0.2) is 29.8 Å². The van der Waals surface area contributed by atoms with Crippen molar-refractivity contribution in [2.75, 3.05) is 6.54 Å². The van der Waals surface area contributed by atoms with Crippen LogP contribution in [0.3, 0.4) is 0 Å². The fourth-order valence-electron chi connectivity index (χ4n) is 4.58. The zero-order valence-electron chi connectivity index (χ0n) is 17.8. The van der Waals surface area contributed by atoms with E-state index < -0.39 is 18.2 Å². The SMILES string of the molecule is Cc1ncsc1-c1ccc(CN(C(=O)[C@@H]2C[C@@H](O)CN2)C(=O)[C@@H](N)C2CCCC2)cc1. The quantitative estimate of drug-likeness (QED) is 0.633. The molecule has 0 radical (unpaired) electrons. The summed E-state index contributed by atoms with van der Waals surface area (Å²) in [5, 5.41) is 12.9. The van der Waals surface area contributed by atoms with Crippen LogP contribution in [0.2, 0.25) is 0 Å². The third-order valence-electron chi connectivity index (χ3n) is 6.43. The van der Waals surface area contributed by atoms with Crippen molar-refractivity contribution in [1.29, 1.82) is 0 Å². The molecule has 1 saturated carbocycles. The van der Waals surface area contributed by atoms with Crippen LogP contribution in [0.5, 0.6) is 0 Å². The number of nitrogens with one attached hydrogen (secondary N) is 1. The number of carbonyl (C=O) groups excluding carboxylic acids is 2. The number of aromatic nitrogens is 1. The molecule has 2 fully saturated rings. The van der Waals surface area contributed by atoms with Gasteiger partial charge in [-0.15, -0.1) is 11.3 Å². The molecule has 1 aromatic carbocycles. The minimum absolute atomic E-state index is 0.126. The number of β-amino-alcohol motifs (C(OH)–C–C–N with tert-alkyl or cyclic N) is 1. The number of carbonyl (C=O) groups is 2. The fraction of sp³-hybridized carbons (Fsp3) is 0.522. The van der Waals surface area contributed by atoms with Crippen molar-refractivity contribution < 1.29 is 14.7 Å². The topological polar surface area (TPSA) is 109 Å². The van der Waals surface area contributed by atoms with Crippen molar-refractivity contribution >= 4 is 23.2 Å². The Labute approximate surface area is 186 Å². The van der Waals surface area contributed by atoms with Crippen LogP contribution in [0.1, 0.15) is 43.4 Å². The van der Waals surface area contributed by atoms with Crippen LogP contribution in [-0.2, 0) is 16.1 Å². The van der Waals surface area contributed by atoms with E-state index in [1.165, 1.54) is 4.90 Å². The number of benzene rings is 1. The summed E-state index contributed by atoms with van der Waals surface area (Å²) in [4.78, 5) is 33.2. The minimum atomic E-state index is -0.670. The Hall–Kier alpha value is -2.13. The molecular formula is C23H30N4O3S. The Bertz CT molecular complexity index is 923. The molecule has 2 aromatic rings. The fourth-order valence-corrected chi connectivity index (χ4v) is 5.39. The van der Waals surface area contributed by atoms with E-state index in [0.717, 1.165) is 47.4 Å².